The predicted molar refractivity (Wildman–Crippen MR) is 73.3 cm³/mol. The Morgan fingerprint density at radius 1 is 0.368 bits per heavy atom. The monoisotopic (exact) mass is 402 g/mol. The fraction of sp³-hybridized carbons (Fsp3) is 0. The lowest BCUT2D eigenvalue weighted by atomic mass is 15.8. The van der Waals surface area contributed by atoms with E-state index in [2.05, 4.69) is 0 Å². The molecule has 0 heterocycles. The first-order valence-corrected chi connectivity index (χ1v) is 7.82. The van der Waals surface area contributed by atoms with Gasteiger partial charge in [0.1, 0.15) is 0 Å². The van der Waals surface area contributed by atoms with Gasteiger partial charge in [0, 0.05) is 0 Å². The average molecular weight is 402 g/mol. The summed E-state index contributed by atoms with van der Waals surface area (Å²) < 4.78 is 35.0. The lowest BCUT2D eigenvalue weighted by molar-refractivity contribution is 0.328. The van der Waals surface area contributed by atoms with Crippen molar-refractivity contribution >= 4 is 88.8 Å². The van der Waals surface area contributed by atoms with Crippen LogP contribution < -0.4 is 0 Å². The summed E-state index contributed by atoms with van der Waals surface area (Å²) in [6.45, 7) is 0. The summed E-state index contributed by atoms with van der Waals surface area (Å²) >= 11 is 0. The molecule has 19 heteroatoms. The third kappa shape index (κ3) is 1110000. The summed E-state index contributed by atoms with van der Waals surface area (Å²) in [7, 11) is -12.5. The molecule has 0 aromatic heterocycles. The Morgan fingerprint density at radius 3 is 0.368 bits per heavy atom. The summed E-state index contributed by atoms with van der Waals surface area (Å²) in [5, 5.41) is 0. The topological polar surface area (TPSA) is 230 Å². The molecule has 114 valence electrons. The van der Waals surface area contributed by atoms with Gasteiger partial charge < -0.3 is 38.4 Å². The second kappa shape index (κ2) is 36.1. The first-order valence-electron chi connectivity index (χ1n) is 2.61. The molecule has 0 saturated carbocycles. The molecule has 19 heavy (non-hydrogen) atoms. The van der Waals surface area contributed by atoms with Gasteiger partial charge in [-0.3, -0.25) is 17.8 Å². The highest BCUT2D eigenvalue weighted by atomic mass is 28.3. The van der Waals surface area contributed by atoms with Crippen molar-refractivity contribution in [2.75, 3.05) is 0 Å². The SMILES string of the molecule is O=[Si](O)O.O=[Si](O)O.O=[Si](O)O.O=[Si](O)O.[AlH3].[AlH3].[AlH3]. The van der Waals surface area contributed by atoms with Gasteiger partial charge in [0.2, 0.25) is 0 Å². The van der Waals surface area contributed by atoms with E-state index in [1.54, 1.807) is 0 Å². The van der Waals surface area contributed by atoms with E-state index in [0.29, 0.717) is 0 Å². The average Bonchev–Trinajstić information content (AvgIpc) is 1.76. The van der Waals surface area contributed by atoms with Gasteiger partial charge in [-0.25, -0.2) is 0 Å². The maximum atomic E-state index is 8.74. The molecule has 0 fully saturated rings. The fourth-order valence-corrected chi connectivity index (χ4v) is 0. The van der Waals surface area contributed by atoms with Gasteiger partial charge in [0.05, 0.1) is 0 Å². The van der Waals surface area contributed by atoms with Crippen LogP contribution in [0.3, 0.4) is 0 Å². The Morgan fingerprint density at radius 2 is 0.368 bits per heavy atom. The molecule has 0 spiro atoms. The van der Waals surface area contributed by atoms with Crippen molar-refractivity contribution < 1.29 is 56.2 Å². The lowest BCUT2D eigenvalue weighted by Crippen LogP contribution is -1.90. The minimum atomic E-state index is -3.13. The van der Waals surface area contributed by atoms with E-state index in [0.717, 1.165) is 0 Å². The van der Waals surface area contributed by atoms with Crippen molar-refractivity contribution in [3.05, 3.63) is 0 Å². The van der Waals surface area contributed by atoms with Gasteiger partial charge in [-0.05, 0) is 0 Å². The Bertz CT molecular complexity index is 165. The van der Waals surface area contributed by atoms with Crippen LogP contribution in [0.15, 0.2) is 0 Å². The highest BCUT2D eigenvalue weighted by Crippen LogP contribution is 1.28. The summed E-state index contributed by atoms with van der Waals surface area (Å²) in [5.41, 5.74) is 0. The zero-order valence-corrected chi connectivity index (χ0v) is 11.2. The van der Waals surface area contributed by atoms with Gasteiger partial charge in [0.15, 0.2) is 52.1 Å². The van der Waals surface area contributed by atoms with E-state index in [1.165, 1.54) is 0 Å². The van der Waals surface area contributed by atoms with E-state index in [1.807, 2.05) is 0 Å². The molecule has 0 saturated heterocycles. The maximum absolute atomic E-state index is 8.74. The maximum Gasteiger partial charge on any atom is 0.761 e. The largest absolute Gasteiger partial charge is 0.761 e. The normalized spacial score (nSPS) is 5.05. The van der Waals surface area contributed by atoms with Crippen LogP contribution in [0.5, 0.6) is 0 Å². The standard InChI is InChI=1S/3Al.4H2O3Si.9H/c;;;4*1-4(2)3;;;;;;;;;/h;;;4*1-2H;;;;;;;;;. The molecule has 8 N–H and O–H groups in total. The Labute approximate surface area is 144 Å². The summed E-state index contributed by atoms with van der Waals surface area (Å²) in [6.07, 6.45) is 0. The van der Waals surface area contributed by atoms with Crippen molar-refractivity contribution in [3.63, 3.8) is 0 Å². The third-order valence-electron chi connectivity index (χ3n) is 0. The van der Waals surface area contributed by atoms with E-state index < -0.39 is 36.7 Å². The molecule has 0 rings (SSSR count). The predicted octanol–water partition coefficient (Wildman–Crippen LogP) is -10.0. The van der Waals surface area contributed by atoms with E-state index in [-0.39, 0.29) is 52.1 Å². The molecule has 0 amide bonds. The first-order chi connectivity index (χ1) is 6.93. The summed E-state index contributed by atoms with van der Waals surface area (Å²) in [5.74, 6) is 0. The van der Waals surface area contributed by atoms with Gasteiger partial charge in [0.25, 0.3) is 0 Å². The minimum absolute atomic E-state index is 0. The third-order valence-corrected chi connectivity index (χ3v) is 0. The second-order valence-corrected chi connectivity index (χ2v) is 3.39. The van der Waals surface area contributed by atoms with Gasteiger partial charge in [-0.2, -0.15) is 0 Å². The Kier molecular flexibility index (Phi) is 81.3. The molecular formula is H17Al3O12Si4. The van der Waals surface area contributed by atoms with Crippen molar-refractivity contribution in [2.24, 2.45) is 0 Å². The van der Waals surface area contributed by atoms with Gasteiger partial charge in [-0.1, -0.05) is 0 Å². The van der Waals surface area contributed by atoms with Crippen molar-refractivity contribution in [2.45, 2.75) is 0 Å². The quantitative estimate of drug-likeness (QED) is 0.177. The summed E-state index contributed by atoms with van der Waals surface area (Å²) in [6, 6.07) is 0. The summed E-state index contributed by atoms with van der Waals surface area (Å²) in [4.78, 5) is 57.3. The molecule has 0 aliphatic rings. The number of rotatable bonds is 0. The highest BCUT2D eigenvalue weighted by molar-refractivity contribution is 6.22. The van der Waals surface area contributed by atoms with Crippen LogP contribution in [-0.4, -0.2) is 127 Å². The molecular weight excluding hydrogens is 385 g/mol. The number of hydrogen-bond donors (Lipinski definition) is 8. The first kappa shape index (κ1) is 42.7. The fourth-order valence-electron chi connectivity index (χ4n) is 0. The zero-order valence-electron chi connectivity index (χ0n) is 7.21. The Hall–Kier alpha value is 0.0649. The van der Waals surface area contributed by atoms with Crippen LogP contribution in [0.4, 0.5) is 0 Å². The van der Waals surface area contributed by atoms with Crippen LogP contribution in [0.1, 0.15) is 0 Å². The molecule has 0 radical (unpaired) electrons. The van der Waals surface area contributed by atoms with Gasteiger partial charge in [-0.15, -0.1) is 0 Å². The molecule has 12 nitrogen and oxygen atoms in total. The zero-order chi connectivity index (χ0) is 14.3. The van der Waals surface area contributed by atoms with Crippen molar-refractivity contribution in [1.82, 2.24) is 0 Å². The molecule has 0 aliphatic heterocycles. The molecule has 0 aromatic rings. The Balaban J connectivity index is -0.0000000192. The van der Waals surface area contributed by atoms with E-state index >= 15 is 0 Å². The minimum Gasteiger partial charge on any atom is -0.511 e. The van der Waals surface area contributed by atoms with Crippen molar-refractivity contribution in [3.8, 4) is 0 Å². The highest BCUT2D eigenvalue weighted by Gasteiger charge is 1.86. The van der Waals surface area contributed by atoms with E-state index in [9.17, 15) is 0 Å². The molecule has 0 bridgehead atoms. The van der Waals surface area contributed by atoms with E-state index in [4.69, 9.17) is 56.2 Å². The van der Waals surface area contributed by atoms with Crippen LogP contribution in [-0.2, 0) is 17.8 Å². The second-order valence-electron chi connectivity index (χ2n) is 1.13. The van der Waals surface area contributed by atoms with Crippen LogP contribution >= 0.6 is 0 Å². The lowest BCUT2D eigenvalue weighted by Gasteiger charge is -1.55. The van der Waals surface area contributed by atoms with Crippen LogP contribution in [0, 0.1) is 0 Å². The molecule has 0 aliphatic carbocycles. The van der Waals surface area contributed by atoms with Gasteiger partial charge >= 0.3 is 36.7 Å². The van der Waals surface area contributed by atoms with Crippen molar-refractivity contribution in [1.29, 1.82) is 0 Å². The molecule has 0 aromatic carbocycles. The molecule has 0 unspecified atom stereocenters. The number of hydrogen-bond acceptors (Lipinski definition) is 4. The smallest absolute Gasteiger partial charge is 0.511 e. The molecule has 0 atom stereocenters. The van der Waals surface area contributed by atoms with Crippen LogP contribution in [0.25, 0.3) is 0 Å². The van der Waals surface area contributed by atoms with Crippen LogP contribution in [0.2, 0.25) is 0 Å².